The standard InChI is InChI=1S/C15H13N5O/c16-12-5-3-4-11(8-12)15(21)19-13-9-18-20(10-13)14-6-1-2-7-17-14/h1-10H,16H2,(H,19,21). The fraction of sp³-hybridized carbons (Fsp3) is 0. The number of carbonyl (C=O) groups excluding carboxylic acids is 1. The van der Waals surface area contributed by atoms with Crippen LogP contribution < -0.4 is 11.1 Å². The number of anilines is 2. The van der Waals surface area contributed by atoms with Crippen LogP contribution in [0, 0.1) is 0 Å². The number of amides is 1. The molecule has 1 aromatic carbocycles. The molecule has 0 radical (unpaired) electrons. The normalized spacial score (nSPS) is 10.3. The van der Waals surface area contributed by atoms with Crippen LogP contribution in [0.4, 0.5) is 11.4 Å². The monoisotopic (exact) mass is 279 g/mol. The lowest BCUT2D eigenvalue weighted by molar-refractivity contribution is 0.102. The Balaban J connectivity index is 1.77. The minimum Gasteiger partial charge on any atom is -0.399 e. The smallest absolute Gasteiger partial charge is 0.255 e. The molecular formula is C15H13N5O. The maximum atomic E-state index is 12.1. The Morgan fingerprint density at radius 3 is 2.86 bits per heavy atom. The van der Waals surface area contributed by atoms with Crippen LogP contribution in [0.5, 0.6) is 0 Å². The Morgan fingerprint density at radius 1 is 1.19 bits per heavy atom. The third-order valence-electron chi connectivity index (χ3n) is 2.87. The molecule has 2 aromatic heterocycles. The second kappa shape index (κ2) is 5.46. The van der Waals surface area contributed by atoms with Crippen molar-refractivity contribution in [3.05, 3.63) is 66.6 Å². The first-order valence-corrected chi connectivity index (χ1v) is 6.35. The fourth-order valence-electron chi connectivity index (χ4n) is 1.89. The summed E-state index contributed by atoms with van der Waals surface area (Å²) in [6, 6.07) is 12.3. The molecule has 0 saturated heterocycles. The van der Waals surface area contributed by atoms with Gasteiger partial charge in [0.15, 0.2) is 5.82 Å². The van der Waals surface area contributed by atoms with Crippen molar-refractivity contribution in [2.75, 3.05) is 11.1 Å². The molecule has 3 N–H and O–H groups in total. The maximum absolute atomic E-state index is 12.1. The molecule has 0 aliphatic heterocycles. The van der Waals surface area contributed by atoms with Gasteiger partial charge in [0, 0.05) is 17.4 Å². The number of nitrogens with zero attached hydrogens (tertiary/aromatic N) is 3. The van der Waals surface area contributed by atoms with E-state index >= 15 is 0 Å². The number of nitrogens with two attached hydrogens (primary N) is 1. The summed E-state index contributed by atoms with van der Waals surface area (Å²) in [6.07, 6.45) is 4.95. The van der Waals surface area contributed by atoms with E-state index in [9.17, 15) is 4.79 Å². The number of benzene rings is 1. The van der Waals surface area contributed by atoms with Crippen LogP contribution in [0.15, 0.2) is 61.1 Å². The van der Waals surface area contributed by atoms with Crippen LogP contribution in [-0.4, -0.2) is 20.7 Å². The molecule has 1 amide bonds. The van der Waals surface area contributed by atoms with E-state index in [1.165, 1.54) is 0 Å². The molecule has 0 saturated carbocycles. The summed E-state index contributed by atoms with van der Waals surface area (Å²) < 4.78 is 1.59. The van der Waals surface area contributed by atoms with E-state index < -0.39 is 0 Å². The van der Waals surface area contributed by atoms with Gasteiger partial charge in [-0.25, -0.2) is 9.67 Å². The number of nitrogen functional groups attached to an aromatic ring is 1. The van der Waals surface area contributed by atoms with E-state index in [0.29, 0.717) is 22.8 Å². The molecule has 3 rings (SSSR count). The minimum absolute atomic E-state index is 0.233. The average molecular weight is 279 g/mol. The van der Waals surface area contributed by atoms with Gasteiger partial charge in [-0.05, 0) is 30.3 Å². The molecule has 104 valence electrons. The van der Waals surface area contributed by atoms with Crippen LogP contribution >= 0.6 is 0 Å². The van der Waals surface area contributed by atoms with Crippen LogP contribution in [0.3, 0.4) is 0 Å². The van der Waals surface area contributed by atoms with Crippen LogP contribution in [-0.2, 0) is 0 Å². The van der Waals surface area contributed by atoms with E-state index in [1.54, 1.807) is 47.5 Å². The van der Waals surface area contributed by atoms with Crippen LogP contribution in [0.25, 0.3) is 5.82 Å². The van der Waals surface area contributed by atoms with Crippen molar-refractivity contribution in [1.82, 2.24) is 14.8 Å². The molecule has 2 heterocycles. The summed E-state index contributed by atoms with van der Waals surface area (Å²) in [5.41, 5.74) is 7.30. The third-order valence-corrected chi connectivity index (χ3v) is 2.87. The molecule has 6 heteroatoms. The number of carbonyl (C=O) groups is 1. The lowest BCUT2D eigenvalue weighted by atomic mass is 10.2. The van der Waals surface area contributed by atoms with Crippen molar-refractivity contribution < 1.29 is 4.79 Å². The molecule has 0 unspecified atom stereocenters. The first-order valence-electron chi connectivity index (χ1n) is 6.35. The summed E-state index contributed by atoms with van der Waals surface area (Å²) in [7, 11) is 0. The second-order valence-corrected chi connectivity index (χ2v) is 4.44. The highest BCUT2D eigenvalue weighted by molar-refractivity contribution is 6.04. The number of hydrogen-bond acceptors (Lipinski definition) is 4. The van der Waals surface area contributed by atoms with Crippen molar-refractivity contribution >= 4 is 17.3 Å². The Kier molecular flexibility index (Phi) is 3.34. The summed E-state index contributed by atoms with van der Waals surface area (Å²) >= 11 is 0. The van der Waals surface area contributed by atoms with Crippen molar-refractivity contribution in [1.29, 1.82) is 0 Å². The largest absolute Gasteiger partial charge is 0.399 e. The zero-order valence-corrected chi connectivity index (χ0v) is 11.1. The molecular weight excluding hydrogens is 266 g/mol. The Morgan fingerprint density at radius 2 is 2.10 bits per heavy atom. The molecule has 0 atom stereocenters. The lowest BCUT2D eigenvalue weighted by Crippen LogP contribution is -2.11. The van der Waals surface area contributed by atoms with Gasteiger partial charge < -0.3 is 11.1 Å². The molecule has 0 spiro atoms. The molecule has 0 fully saturated rings. The van der Waals surface area contributed by atoms with E-state index in [2.05, 4.69) is 15.4 Å². The van der Waals surface area contributed by atoms with Gasteiger partial charge >= 0.3 is 0 Å². The summed E-state index contributed by atoms with van der Waals surface area (Å²) in [5, 5.41) is 6.94. The van der Waals surface area contributed by atoms with Crippen molar-refractivity contribution in [3.63, 3.8) is 0 Å². The first kappa shape index (κ1) is 12.9. The number of rotatable bonds is 3. The second-order valence-electron chi connectivity index (χ2n) is 4.44. The number of hydrogen-bond donors (Lipinski definition) is 2. The molecule has 0 bridgehead atoms. The average Bonchev–Trinajstić information content (AvgIpc) is 2.97. The molecule has 0 aliphatic rings. The fourth-order valence-corrected chi connectivity index (χ4v) is 1.89. The van der Waals surface area contributed by atoms with Gasteiger partial charge in [-0.2, -0.15) is 5.10 Å². The van der Waals surface area contributed by atoms with Gasteiger partial charge in [-0.3, -0.25) is 4.79 Å². The van der Waals surface area contributed by atoms with Crippen molar-refractivity contribution in [2.45, 2.75) is 0 Å². The van der Waals surface area contributed by atoms with Gasteiger partial charge in [-0.15, -0.1) is 0 Å². The number of aromatic nitrogens is 3. The Bertz CT molecular complexity index is 766. The van der Waals surface area contributed by atoms with Gasteiger partial charge in [0.25, 0.3) is 5.91 Å². The zero-order valence-electron chi connectivity index (χ0n) is 11.1. The predicted octanol–water partition coefficient (Wildman–Crippen LogP) is 2.10. The SMILES string of the molecule is Nc1cccc(C(=O)Nc2cnn(-c3ccccn3)c2)c1. The topological polar surface area (TPSA) is 85.8 Å². The Hall–Kier alpha value is -3.15. The molecule has 0 aliphatic carbocycles. The summed E-state index contributed by atoms with van der Waals surface area (Å²) in [5.74, 6) is 0.449. The predicted molar refractivity (Wildman–Crippen MR) is 80.2 cm³/mol. The summed E-state index contributed by atoms with van der Waals surface area (Å²) in [4.78, 5) is 16.3. The van der Waals surface area contributed by atoms with Crippen molar-refractivity contribution in [3.8, 4) is 5.82 Å². The van der Waals surface area contributed by atoms with E-state index in [1.807, 2.05) is 18.2 Å². The van der Waals surface area contributed by atoms with Gasteiger partial charge in [0.05, 0.1) is 18.1 Å². The van der Waals surface area contributed by atoms with E-state index in [0.717, 1.165) is 0 Å². The van der Waals surface area contributed by atoms with Gasteiger partial charge in [0.2, 0.25) is 0 Å². The molecule has 21 heavy (non-hydrogen) atoms. The van der Waals surface area contributed by atoms with Crippen LogP contribution in [0.2, 0.25) is 0 Å². The van der Waals surface area contributed by atoms with Crippen molar-refractivity contribution in [2.24, 2.45) is 0 Å². The third kappa shape index (κ3) is 2.89. The van der Waals surface area contributed by atoms with Gasteiger partial charge in [-0.1, -0.05) is 12.1 Å². The summed E-state index contributed by atoms with van der Waals surface area (Å²) in [6.45, 7) is 0. The number of pyridine rings is 1. The highest BCUT2D eigenvalue weighted by atomic mass is 16.1. The number of nitrogens with one attached hydrogen (secondary N) is 1. The minimum atomic E-state index is -0.233. The lowest BCUT2D eigenvalue weighted by Gasteiger charge is -2.03. The highest BCUT2D eigenvalue weighted by Crippen LogP contribution is 2.12. The van der Waals surface area contributed by atoms with E-state index in [-0.39, 0.29) is 5.91 Å². The Labute approximate surface area is 121 Å². The molecule has 3 aromatic rings. The quantitative estimate of drug-likeness (QED) is 0.719. The molecule has 6 nitrogen and oxygen atoms in total. The highest BCUT2D eigenvalue weighted by Gasteiger charge is 2.08. The van der Waals surface area contributed by atoms with E-state index in [4.69, 9.17) is 5.73 Å². The van der Waals surface area contributed by atoms with Gasteiger partial charge in [0.1, 0.15) is 0 Å². The maximum Gasteiger partial charge on any atom is 0.255 e. The van der Waals surface area contributed by atoms with Crippen LogP contribution in [0.1, 0.15) is 10.4 Å². The first-order chi connectivity index (χ1) is 10.2. The zero-order chi connectivity index (χ0) is 14.7.